The van der Waals surface area contributed by atoms with E-state index in [0.717, 1.165) is 23.4 Å². The van der Waals surface area contributed by atoms with E-state index in [1.165, 1.54) is 0 Å². The fourth-order valence-electron chi connectivity index (χ4n) is 2.39. The lowest BCUT2D eigenvalue weighted by atomic mass is 10.1. The van der Waals surface area contributed by atoms with Crippen LogP contribution in [0.1, 0.15) is 17.5 Å². The summed E-state index contributed by atoms with van der Waals surface area (Å²) in [4.78, 5) is 0. The Balaban J connectivity index is 2.01. The molecule has 1 aliphatic rings. The summed E-state index contributed by atoms with van der Waals surface area (Å²) in [5, 5.41) is 3.29. The van der Waals surface area contributed by atoms with Crippen LogP contribution < -0.4 is 10.1 Å². The minimum absolute atomic E-state index is 0.122. The van der Waals surface area contributed by atoms with Gasteiger partial charge in [0.25, 0.3) is 0 Å². The Morgan fingerprint density at radius 3 is 2.86 bits per heavy atom. The SMILES string of the molecule is COCCNCc1cc(C)ccc1OC1CCS(=O)(=O)C1. The largest absolute Gasteiger partial charge is 0.489 e. The second kappa shape index (κ2) is 7.24. The number of sulfone groups is 1. The van der Waals surface area contributed by atoms with Crippen LogP contribution in [-0.4, -0.2) is 46.3 Å². The van der Waals surface area contributed by atoms with Crippen molar-refractivity contribution in [3.8, 4) is 5.75 Å². The molecule has 0 amide bonds. The zero-order valence-corrected chi connectivity index (χ0v) is 13.4. The van der Waals surface area contributed by atoms with Gasteiger partial charge in [0.15, 0.2) is 9.84 Å². The Labute approximate surface area is 126 Å². The number of nitrogens with one attached hydrogen (secondary N) is 1. The lowest BCUT2D eigenvalue weighted by Crippen LogP contribution is -2.21. The van der Waals surface area contributed by atoms with Crippen molar-refractivity contribution in [2.45, 2.75) is 26.0 Å². The highest BCUT2D eigenvalue weighted by Gasteiger charge is 2.29. The molecule has 1 atom stereocenters. The highest BCUT2D eigenvalue weighted by atomic mass is 32.2. The maximum atomic E-state index is 11.5. The number of hydrogen-bond acceptors (Lipinski definition) is 5. The maximum absolute atomic E-state index is 11.5. The predicted octanol–water partition coefficient (Wildman–Crippen LogP) is 1.30. The molecule has 1 aromatic rings. The van der Waals surface area contributed by atoms with Gasteiger partial charge in [0, 0.05) is 25.8 Å². The van der Waals surface area contributed by atoms with Gasteiger partial charge < -0.3 is 14.8 Å². The van der Waals surface area contributed by atoms with Crippen molar-refractivity contribution in [1.29, 1.82) is 0 Å². The van der Waals surface area contributed by atoms with E-state index in [9.17, 15) is 8.42 Å². The molecule has 1 N–H and O–H groups in total. The molecule has 0 spiro atoms. The van der Waals surface area contributed by atoms with Crippen LogP contribution in [0.4, 0.5) is 0 Å². The second-order valence-corrected chi connectivity index (χ2v) is 7.65. The Bertz CT molecular complexity index is 571. The molecule has 1 saturated heterocycles. The van der Waals surface area contributed by atoms with Crippen LogP contribution in [-0.2, 0) is 21.1 Å². The highest BCUT2D eigenvalue weighted by molar-refractivity contribution is 7.91. The van der Waals surface area contributed by atoms with E-state index in [-0.39, 0.29) is 17.6 Å². The molecular weight excluding hydrogens is 290 g/mol. The first-order valence-corrected chi connectivity index (χ1v) is 8.98. The summed E-state index contributed by atoms with van der Waals surface area (Å²) < 4.78 is 33.9. The van der Waals surface area contributed by atoms with E-state index in [4.69, 9.17) is 9.47 Å². The number of aryl methyl sites for hydroxylation is 1. The molecule has 2 rings (SSSR count). The molecule has 0 saturated carbocycles. The molecule has 0 aliphatic carbocycles. The van der Waals surface area contributed by atoms with Crippen molar-refractivity contribution >= 4 is 9.84 Å². The number of rotatable bonds is 7. The number of ether oxygens (including phenoxy) is 2. The molecule has 1 fully saturated rings. The number of benzene rings is 1. The van der Waals surface area contributed by atoms with Crippen LogP contribution in [0.15, 0.2) is 18.2 Å². The molecule has 21 heavy (non-hydrogen) atoms. The summed E-state index contributed by atoms with van der Waals surface area (Å²) >= 11 is 0. The van der Waals surface area contributed by atoms with Crippen LogP contribution in [0.25, 0.3) is 0 Å². The van der Waals surface area contributed by atoms with Gasteiger partial charge in [-0.15, -0.1) is 0 Å². The molecule has 6 heteroatoms. The van der Waals surface area contributed by atoms with E-state index in [2.05, 4.69) is 11.4 Å². The van der Waals surface area contributed by atoms with Crippen molar-refractivity contribution in [2.75, 3.05) is 31.8 Å². The van der Waals surface area contributed by atoms with Gasteiger partial charge in [0.1, 0.15) is 11.9 Å². The van der Waals surface area contributed by atoms with Gasteiger partial charge in [-0.3, -0.25) is 0 Å². The van der Waals surface area contributed by atoms with E-state index in [0.29, 0.717) is 19.6 Å². The molecule has 118 valence electrons. The standard InChI is InChI=1S/C15H23NO4S/c1-12-3-4-15(13(9-12)10-16-6-7-19-2)20-14-5-8-21(17,18)11-14/h3-4,9,14,16H,5-8,10-11H2,1-2H3. The van der Waals surface area contributed by atoms with Gasteiger partial charge >= 0.3 is 0 Å². The molecule has 1 aromatic carbocycles. The molecule has 0 bridgehead atoms. The smallest absolute Gasteiger partial charge is 0.154 e. The first-order valence-electron chi connectivity index (χ1n) is 7.16. The highest BCUT2D eigenvalue weighted by Crippen LogP contribution is 2.24. The minimum Gasteiger partial charge on any atom is -0.489 e. The molecular formula is C15H23NO4S. The lowest BCUT2D eigenvalue weighted by Gasteiger charge is -2.17. The summed E-state index contributed by atoms with van der Waals surface area (Å²) in [6.45, 7) is 4.13. The fourth-order valence-corrected chi connectivity index (χ4v) is 3.98. The van der Waals surface area contributed by atoms with Crippen LogP contribution in [0.3, 0.4) is 0 Å². The summed E-state index contributed by atoms with van der Waals surface area (Å²) in [5.74, 6) is 1.12. The van der Waals surface area contributed by atoms with Gasteiger partial charge in [-0.25, -0.2) is 8.42 Å². The zero-order valence-electron chi connectivity index (χ0n) is 12.6. The normalized spacial score (nSPS) is 20.6. The van der Waals surface area contributed by atoms with Crippen LogP contribution in [0.2, 0.25) is 0 Å². The van der Waals surface area contributed by atoms with Gasteiger partial charge in [0.05, 0.1) is 18.1 Å². The fraction of sp³-hybridized carbons (Fsp3) is 0.600. The minimum atomic E-state index is -2.92. The topological polar surface area (TPSA) is 64.6 Å². The Morgan fingerprint density at radius 1 is 1.38 bits per heavy atom. The number of hydrogen-bond donors (Lipinski definition) is 1. The first-order chi connectivity index (χ1) is 10.00. The maximum Gasteiger partial charge on any atom is 0.154 e. The summed E-state index contributed by atoms with van der Waals surface area (Å²) in [6, 6.07) is 5.98. The van der Waals surface area contributed by atoms with Gasteiger partial charge in [0.2, 0.25) is 0 Å². The Kier molecular flexibility index (Phi) is 5.61. The van der Waals surface area contributed by atoms with E-state index in [1.807, 2.05) is 19.1 Å². The molecule has 1 aliphatic heterocycles. The third kappa shape index (κ3) is 4.98. The molecule has 1 unspecified atom stereocenters. The van der Waals surface area contributed by atoms with Crippen molar-refractivity contribution in [2.24, 2.45) is 0 Å². The quantitative estimate of drug-likeness (QED) is 0.769. The van der Waals surface area contributed by atoms with Crippen molar-refractivity contribution < 1.29 is 17.9 Å². The third-order valence-electron chi connectivity index (χ3n) is 3.50. The van der Waals surface area contributed by atoms with Crippen LogP contribution in [0, 0.1) is 6.92 Å². The molecule has 0 aromatic heterocycles. The molecule has 5 nitrogen and oxygen atoms in total. The zero-order chi connectivity index (χ0) is 15.3. The van der Waals surface area contributed by atoms with Crippen LogP contribution in [0.5, 0.6) is 5.75 Å². The summed E-state index contributed by atoms with van der Waals surface area (Å²) in [7, 11) is -1.25. The predicted molar refractivity (Wildman–Crippen MR) is 82.4 cm³/mol. The summed E-state index contributed by atoms with van der Waals surface area (Å²) in [5.41, 5.74) is 2.21. The number of methoxy groups -OCH3 is 1. The monoisotopic (exact) mass is 313 g/mol. The van der Waals surface area contributed by atoms with Crippen molar-refractivity contribution in [1.82, 2.24) is 5.32 Å². The van der Waals surface area contributed by atoms with E-state index in [1.54, 1.807) is 7.11 Å². The van der Waals surface area contributed by atoms with Gasteiger partial charge in [-0.05, 0) is 19.4 Å². The lowest BCUT2D eigenvalue weighted by molar-refractivity contribution is 0.198. The molecule has 0 radical (unpaired) electrons. The first kappa shape index (κ1) is 16.3. The second-order valence-electron chi connectivity index (χ2n) is 5.42. The molecule has 1 heterocycles. The van der Waals surface area contributed by atoms with Crippen LogP contribution >= 0.6 is 0 Å². The Hall–Kier alpha value is -1.11. The van der Waals surface area contributed by atoms with Gasteiger partial charge in [-0.1, -0.05) is 17.7 Å². The van der Waals surface area contributed by atoms with Crippen molar-refractivity contribution in [3.05, 3.63) is 29.3 Å². The van der Waals surface area contributed by atoms with Crippen molar-refractivity contribution in [3.63, 3.8) is 0 Å². The third-order valence-corrected chi connectivity index (χ3v) is 5.24. The van der Waals surface area contributed by atoms with E-state index >= 15 is 0 Å². The average molecular weight is 313 g/mol. The Morgan fingerprint density at radius 2 is 2.19 bits per heavy atom. The summed E-state index contributed by atoms with van der Waals surface area (Å²) in [6.07, 6.45) is 0.350. The average Bonchev–Trinajstić information content (AvgIpc) is 2.77. The van der Waals surface area contributed by atoms with E-state index < -0.39 is 9.84 Å². The van der Waals surface area contributed by atoms with Gasteiger partial charge in [-0.2, -0.15) is 0 Å².